The van der Waals surface area contributed by atoms with Crippen LogP contribution in [0.2, 0.25) is 0 Å². The van der Waals surface area contributed by atoms with E-state index in [9.17, 15) is 14.4 Å². The first-order chi connectivity index (χ1) is 9.53. The Balaban J connectivity index is 1.63. The molecular formula is C13H16N2O4S. The van der Waals surface area contributed by atoms with E-state index in [0.717, 1.165) is 0 Å². The highest BCUT2D eigenvalue weighted by molar-refractivity contribution is 7.08. The molecule has 0 bridgehead atoms. The van der Waals surface area contributed by atoms with Crippen LogP contribution in [0.25, 0.3) is 0 Å². The van der Waals surface area contributed by atoms with Gasteiger partial charge in [0, 0.05) is 23.9 Å². The van der Waals surface area contributed by atoms with E-state index in [1.54, 1.807) is 11.4 Å². The third kappa shape index (κ3) is 3.57. The van der Waals surface area contributed by atoms with Gasteiger partial charge >= 0.3 is 5.97 Å². The minimum atomic E-state index is -1.03. The van der Waals surface area contributed by atoms with Crippen molar-refractivity contribution in [2.75, 3.05) is 6.54 Å². The number of carboxylic acid groups (broad SMARTS) is 1. The summed E-state index contributed by atoms with van der Waals surface area (Å²) in [5, 5.41) is 17.8. The van der Waals surface area contributed by atoms with Crippen LogP contribution in [0, 0.1) is 0 Å². The van der Waals surface area contributed by atoms with Crippen LogP contribution in [0.1, 0.15) is 36.0 Å². The average Bonchev–Trinajstić information content (AvgIpc) is 2.99. The molecule has 0 aromatic carbocycles. The predicted molar refractivity (Wildman–Crippen MR) is 73.6 cm³/mol. The third-order valence-electron chi connectivity index (χ3n) is 3.19. The van der Waals surface area contributed by atoms with Gasteiger partial charge in [0.05, 0.1) is 0 Å². The number of rotatable bonds is 7. The number of carbonyl (C=O) groups excluding carboxylic acids is 2. The minimum absolute atomic E-state index is 0.157. The number of amides is 2. The lowest BCUT2D eigenvalue weighted by molar-refractivity contribution is -0.143. The highest BCUT2D eigenvalue weighted by Gasteiger charge is 2.51. The summed E-state index contributed by atoms with van der Waals surface area (Å²) < 4.78 is 0. The molecule has 1 aliphatic carbocycles. The van der Waals surface area contributed by atoms with Gasteiger partial charge in [-0.1, -0.05) is 0 Å². The van der Waals surface area contributed by atoms with E-state index in [1.165, 1.54) is 11.3 Å². The van der Waals surface area contributed by atoms with Gasteiger partial charge in [0.15, 0.2) is 0 Å². The molecule has 0 saturated heterocycles. The van der Waals surface area contributed by atoms with E-state index >= 15 is 0 Å². The molecule has 1 fully saturated rings. The molecule has 2 amide bonds. The van der Waals surface area contributed by atoms with Crippen LogP contribution in [0.15, 0.2) is 16.8 Å². The molecule has 20 heavy (non-hydrogen) atoms. The quantitative estimate of drug-likeness (QED) is 0.654. The second-order valence-electron chi connectivity index (χ2n) is 4.81. The molecular weight excluding hydrogens is 280 g/mol. The number of nitrogens with one attached hydrogen (secondary N) is 2. The van der Waals surface area contributed by atoms with Gasteiger partial charge in [0.25, 0.3) is 5.91 Å². The number of carbonyl (C=O) groups is 3. The van der Waals surface area contributed by atoms with Crippen molar-refractivity contribution in [1.29, 1.82) is 0 Å². The van der Waals surface area contributed by atoms with E-state index in [4.69, 9.17) is 5.11 Å². The van der Waals surface area contributed by atoms with Crippen molar-refractivity contribution < 1.29 is 19.5 Å². The number of carboxylic acids is 1. The van der Waals surface area contributed by atoms with E-state index in [-0.39, 0.29) is 18.2 Å². The van der Waals surface area contributed by atoms with Crippen LogP contribution < -0.4 is 10.6 Å². The zero-order valence-electron chi connectivity index (χ0n) is 10.8. The van der Waals surface area contributed by atoms with Gasteiger partial charge < -0.3 is 15.7 Å². The lowest BCUT2D eigenvalue weighted by Crippen LogP contribution is -2.43. The molecule has 2 rings (SSSR count). The molecule has 1 saturated carbocycles. The van der Waals surface area contributed by atoms with Crippen LogP contribution in [0.4, 0.5) is 0 Å². The van der Waals surface area contributed by atoms with Crippen molar-refractivity contribution in [2.24, 2.45) is 0 Å². The Morgan fingerprint density at radius 3 is 2.65 bits per heavy atom. The van der Waals surface area contributed by atoms with Crippen molar-refractivity contribution in [3.63, 3.8) is 0 Å². The van der Waals surface area contributed by atoms with Gasteiger partial charge in [-0.05, 0) is 30.7 Å². The molecule has 0 spiro atoms. The van der Waals surface area contributed by atoms with Gasteiger partial charge in [-0.25, -0.2) is 4.79 Å². The van der Waals surface area contributed by atoms with Crippen molar-refractivity contribution in [3.05, 3.63) is 22.4 Å². The summed E-state index contributed by atoms with van der Waals surface area (Å²) in [5.41, 5.74) is -0.418. The molecule has 0 atom stereocenters. The van der Waals surface area contributed by atoms with Crippen LogP contribution in [-0.4, -0.2) is 35.0 Å². The van der Waals surface area contributed by atoms with Crippen LogP contribution >= 0.6 is 11.3 Å². The summed E-state index contributed by atoms with van der Waals surface area (Å²) in [4.78, 5) is 34.1. The number of thiophene rings is 1. The van der Waals surface area contributed by atoms with Crippen LogP contribution in [0.5, 0.6) is 0 Å². The van der Waals surface area contributed by atoms with Gasteiger partial charge in [0.1, 0.15) is 5.54 Å². The second-order valence-corrected chi connectivity index (χ2v) is 5.59. The van der Waals surface area contributed by atoms with Gasteiger partial charge in [-0.3, -0.25) is 9.59 Å². The molecule has 6 nitrogen and oxygen atoms in total. The summed E-state index contributed by atoms with van der Waals surface area (Å²) in [7, 11) is 0. The Hall–Kier alpha value is -1.89. The Labute approximate surface area is 120 Å². The fraction of sp³-hybridized carbons (Fsp3) is 0.462. The van der Waals surface area contributed by atoms with Crippen molar-refractivity contribution in [2.45, 2.75) is 31.2 Å². The molecule has 0 aliphatic heterocycles. The van der Waals surface area contributed by atoms with Crippen molar-refractivity contribution in [3.8, 4) is 0 Å². The maximum atomic E-state index is 11.6. The Kier molecular flexibility index (Phi) is 4.39. The zero-order chi connectivity index (χ0) is 14.6. The number of aliphatic carboxylic acids is 1. The van der Waals surface area contributed by atoms with E-state index in [0.29, 0.717) is 31.4 Å². The molecule has 108 valence electrons. The molecule has 0 radical (unpaired) electrons. The van der Waals surface area contributed by atoms with Crippen molar-refractivity contribution in [1.82, 2.24) is 10.6 Å². The molecule has 1 heterocycles. The van der Waals surface area contributed by atoms with E-state index < -0.39 is 11.5 Å². The summed E-state index contributed by atoms with van der Waals surface area (Å²) in [6, 6.07) is 1.73. The highest BCUT2D eigenvalue weighted by Crippen LogP contribution is 2.35. The predicted octanol–water partition coefficient (Wildman–Crippen LogP) is 0.991. The maximum Gasteiger partial charge on any atom is 0.329 e. The highest BCUT2D eigenvalue weighted by atomic mass is 32.1. The fourth-order valence-corrected chi connectivity index (χ4v) is 2.43. The Bertz CT molecular complexity index is 508. The smallest absolute Gasteiger partial charge is 0.329 e. The Morgan fingerprint density at radius 1 is 1.35 bits per heavy atom. The minimum Gasteiger partial charge on any atom is -0.480 e. The summed E-state index contributed by atoms with van der Waals surface area (Å²) in [5.74, 6) is -1.41. The molecule has 1 aromatic rings. The normalized spacial score (nSPS) is 15.4. The van der Waals surface area contributed by atoms with Crippen molar-refractivity contribution >= 4 is 29.1 Å². The lowest BCUT2D eigenvalue weighted by Gasteiger charge is -2.12. The van der Waals surface area contributed by atoms with Crippen LogP contribution in [-0.2, 0) is 9.59 Å². The number of hydrogen-bond acceptors (Lipinski definition) is 4. The molecule has 7 heteroatoms. The maximum absolute atomic E-state index is 11.6. The van der Waals surface area contributed by atoms with Gasteiger partial charge in [-0.2, -0.15) is 11.3 Å². The Morgan fingerprint density at radius 2 is 2.10 bits per heavy atom. The first-order valence-corrected chi connectivity index (χ1v) is 7.33. The third-order valence-corrected chi connectivity index (χ3v) is 3.87. The standard InChI is InChI=1S/C13H16N2O4S/c16-10(15-13(4-5-13)12(18)19)2-1-6-14-11(17)9-3-7-20-8-9/h3,7-8H,1-2,4-6H2,(H,14,17)(H,15,16)(H,18,19). The zero-order valence-corrected chi connectivity index (χ0v) is 11.7. The largest absolute Gasteiger partial charge is 0.480 e. The van der Waals surface area contributed by atoms with Gasteiger partial charge in [-0.15, -0.1) is 0 Å². The summed E-state index contributed by atoms with van der Waals surface area (Å²) in [6.07, 6.45) is 1.67. The fourth-order valence-electron chi connectivity index (χ4n) is 1.79. The molecule has 1 aromatic heterocycles. The first kappa shape index (κ1) is 14.5. The first-order valence-electron chi connectivity index (χ1n) is 6.38. The molecule has 3 N–H and O–H groups in total. The molecule has 0 unspecified atom stereocenters. The number of hydrogen-bond donors (Lipinski definition) is 3. The lowest BCUT2D eigenvalue weighted by atomic mass is 10.2. The second kappa shape index (κ2) is 6.04. The summed E-state index contributed by atoms with van der Waals surface area (Å²) in [6.45, 7) is 0.391. The average molecular weight is 296 g/mol. The topological polar surface area (TPSA) is 95.5 Å². The van der Waals surface area contributed by atoms with Crippen LogP contribution in [0.3, 0.4) is 0 Å². The van der Waals surface area contributed by atoms with Gasteiger partial charge in [0.2, 0.25) is 5.91 Å². The monoisotopic (exact) mass is 296 g/mol. The molecule has 1 aliphatic rings. The summed E-state index contributed by atoms with van der Waals surface area (Å²) >= 11 is 1.45. The van der Waals surface area contributed by atoms with E-state index in [1.807, 2.05) is 5.38 Å². The van der Waals surface area contributed by atoms with E-state index in [2.05, 4.69) is 10.6 Å². The SMILES string of the molecule is O=C(CCCNC(=O)c1ccsc1)NC1(C(=O)O)CC1.